The van der Waals surface area contributed by atoms with Crippen molar-refractivity contribution < 1.29 is 13.2 Å². The summed E-state index contributed by atoms with van der Waals surface area (Å²) < 4.78 is 23.2. The Bertz CT molecular complexity index is 634. The van der Waals surface area contributed by atoms with Gasteiger partial charge < -0.3 is 10.2 Å². The summed E-state index contributed by atoms with van der Waals surface area (Å²) in [6.07, 6.45) is 0.465. The number of anilines is 1. The Kier molecular flexibility index (Phi) is 5.05. The maximum absolute atomic E-state index is 12.5. The van der Waals surface area contributed by atoms with Gasteiger partial charge in [0.2, 0.25) is 0 Å². The Morgan fingerprint density at radius 3 is 2.86 bits per heavy atom. The van der Waals surface area contributed by atoms with E-state index in [9.17, 15) is 13.2 Å². The Labute approximate surface area is 129 Å². The molecule has 1 aliphatic heterocycles. The number of hydrogen-bond acceptors (Lipinski definition) is 5. The third-order valence-corrected chi connectivity index (χ3v) is 5.15. The highest BCUT2D eigenvalue weighted by Crippen LogP contribution is 2.17. The van der Waals surface area contributed by atoms with Gasteiger partial charge in [0.05, 0.1) is 11.5 Å². The van der Waals surface area contributed by atoms with Gasteiger partial charge in [0.25, 0.3) is 5.91 Å². The van der Waals surface area contributed by atoms with E-state index in [1.165, 1.54) is 6.07 Å². The molecule has 2 heterocycles. The summed E-state index contributed by atoms with van der Waals surface area (Å²) in [5.74, 6) is 0.472. The first kappa shape index (κ1) is 16.0. The van der Waals surface area contributed by atoms with Gasteiger partial charge in [-0.2, -0.15) is 0 Å². The molecule has 0 aliphatic carbocycles. The van der Waals surface area contributed by atoms with Gasteiger partial charge in [-0.05, 0) is 25.5 Å². The van der Waals surface area contributed by atoms with Crippen LogP contribution in [0.25, 0.3) is 0 Å². The van der Waals surface area contributed by atoms with Crippen LogP contribution in [0.4, 0.5) is 5.82 Å². The lowest BCUT2D eigenvalue weighted by Crippen LogP contribution is -2.33. The molecule has 0 atom stereocenters. The fourth-order valence-corrected chi connectivity index (χ4v) is 3.70. The fourth-order valence-electron chi connectivity index (χ4n) is 2.22. The van der Waals surface area contributed by atoms with Crippen molar-refractivity contribution in [1.82, 2.24) is 9.88 Å². The fraction of sp³-hybridized carbons (Fsp3) is 0.538. The molecule has 0 unspecified atom stereocenters. The minimum absolute atomic E-state index is 0.0115. The van der Waals surface area contributed by atoms with Crippen molar-refractivity contribution in [1.29, 1.82) is 0 Å². The summed E-state index contributed by atoms with van der Waals surface area (Å²) in [5.41, 5.74) is 0.422. The van der Waals surface area contributed by atoms with Gasteiger partial charge in [-0.3, -0.25) is 4.79 Å². The Hall–Kier alpha value is -1.34. The number of sulfone groups is 1. The molecule has 1 fully saturated rings. The molecule has 8 heteroatoms. The Morgan fingerprint density at radius 1 is 1.38 bits per heavy atom. The van der Waals surface area contributed by atoms with Crippen LogP contribution in [0.5, 0.6) is 0 Å². The van der Waals surface area contributed by atoms with Crippen LogP contribution in [0.15, 0.2) is 12.1 Å². The molecule has 6 nitrogen and oxygen atoms in total. The van der Waals surface area contributed by atoms with Crippen LogP contribution in [0.3, 0.4) is 0 Å². The summed E-state index contributed by atoms with van der Waals surface area (Å²) in [7, 11) is -3.04. The number of aromatic nitrogens is 1. The standard InChI is InChI=1S/C13H18ClN3O3S/c1-2-15-12-9-10(8-11(14)16-12)13(18)17-4-3-6-21(19,20)7-5-17/h8-9H,2-7H2,1H3,(H,15,16). The van der Waals surface area contributed by atoms with E-state index in [0.717, 1.165) is 0 Å². The van der Waals surface area contributed by atoms with E-state index in [-0.39, 0.29) is 29.1 Å². The van der Waals surface area contributed by atoms with Crippen LogP contribution in [0.1, 0.15) is 23.7 Å². The molecule has 1 aliphatic rings. The van der Waals surface area contributed by atoms with Crippen LogP contribution >= 0.6 is 11.6 Å². The van der Waals surface area contributed by atoms with E-state index in [4.69, 9.17) is 11.6 Å². The van der Waals surface area contributed by atoms with Crippen LogP contribution in [0.2, 0.25) is 5.15 Å². The van der Waals surface area contributed by atoms with E-state index in [1.807, 2.05) is 6.92 Å². The SMILES string of the molecule is CCNc1cc(C(=O)N2CCCS(=O)(=O)CC2)cc(Cl)n1. The number of carbonyl (C=O) groups excluding carboxylic acids is 1. The lowest BCUT2D eigenvalue weighted by atomic mass is 10.2. The molecule has 0 bridgehead atoms. The van der Waals surface area contributed by atoms with Gasteiger partial charge in [0, 0.05) is 25.2 Å². The highest BCUT2D eigenvalue weighted by atomic mass is 35.5. The molecule has 1 saturated heterocycles. The van der Waals surface area contributed by atoms with Crippen molar-refractivity contribution in [2.45, 2.75) is 13.3 Å². The normalized spacial score (nSPS) is 18.1. The third kappa shape index (κ3) is 4.31. The van der Waals surface area contributed by atoms with Crippen LogP contribution in [0, 0.1) is 0 Å². The monoisotopic (exact) mass is 331 g/mol. The Morgan fingerprint density at radius 2 is 2.14 bits per heavy atom. The third-order valence-electron chi connectivity index (χ3n) is 3.24. The average Bonchev–Trinajstić information content (AvgIpc) is 2.58. The lowest BCUT2D eigenvalue weighted by molar-refractivity contribution is 0.0768. The van der Waals surface area contributed by atoms with E-state index >= 15 is 0 Å². The zero-order chi connectivity index (χ0) is 15.5. The molecule has 0 saturated carbocycles. The smallest absolute Gasteiger partial charge is 0.254 e. The van der Waals surface area contributed by atoms with E-state index in [1.54, 1.807) is 11.0 Å². The number of halogens is 1. The van der Waals surface area contributed by atoms with Crippen molar-refractivity contribution in [3.63, 3.8) is 0 Å². The van der Waals surface area contributed by atoms with Crippen molar-refractivity contribution >= 4 is 33.2 Å². The van der Waals surface area contributed by atoms with Crippen LogP contribution in [-0.4, -0.2) is 55.3 Å². The molecule has 21 heavy (non-hydrogen) atoms. The second-order valence-corrected chi connectivity index (χ2v) is 7.58. The minimum Gasteiger partial charge on any atom is -0.370 e. The first-order chi connectivity index (χ1) is 9.91. The molecule has 116 valence electrons. The Balaban J connectivity index is 2.19. The molecule has 1 N–H and O–H groups in total. The van der Waals surface area contributed by atoms with E-state index in [0.29, 0.717) is 30.9 Å². The number of rotatable bonds is 3. The second kappa shape index (κ2) is 6.62. The number of nitrogens with one attached hydrogen (secondary N) is 1. The predicted octanol–water partition coefficient (Wildman–Crippen LogP) is 1.43. The van der Waals surface area contributed by atoms with Gasteiger partial charge in [-0.1, -0.05) is 11.6 Å². The van der Waals surface area contributed by atoms with E-state index in [2.05, 4.69) is 10.3 Å². The largest absolute Gasteiger partial charge is 0.370 e. The van der Waals surface area contributed by atoms with Crippen molar-refractivity contribution in [2.75, 3.05) is 36.5 Å². The molecule has 2 rings (SSSR count). The highest BCUT2D eigenvalue weighted by Gasteiger charge is 2.23. The molecular weight excluding hydrogens is 314 g/mol. The van der Waals surface area contributed by atoms with Gasteiger partial charge >= 0.3 is 0 Å². The highest BCUT2D eigenvalue weighted by molar-refractivity contribution is 7.91. The number of hydrogen-bond donors (Lipinski definition) is 1. The molecule has 1 aromatic heterocycles. The topological polar surface area (TPSA) is 79.4 Å². The molecule has 1 aromatic rings. The second-order valence-electron chi connectivity index (χ2n) is 4.89. The van der Waals surface area contributed by atoms with Gasteiger partial charge in [-0.15, -0.1) is 0 Å². The van der Waals surface area contributed by atoms with Gasteiger partial charge in [0.1, 0.15) is 11.0 Å². The molecule has 0 radical (unpaired) electrons. The maximum atomic E-state index is 12.5. The number of carbonyl (C=O) groups is 1. The molecule has 1 amide bonds. The summed E-state index contributed by atoms with van der Waals surface area (Å²) in [4.78, 5) is 18.1. The minimum atomic E-state index is -3.04. The average molecular weight is 332 g/mol. The first-order valence-corrected chi connectivity index (χ1v) is 9.02. The quantitative estimate of drug-likeness (QED) is 0.847. The molecule has 0 aromatic carbocycles. The van der Waals surface area contributed by atoms with Crippen molar-refractivity contribution in [3.05, 3.63) is 22.8 Å². The maximum Gasteiger partial charge on any atom is 0.254 e. The first-order valence-electron chi connectivity index (χ1n) is 6.82. The summed E-state index contributed by atoms with van der Waals surface area (Å²) in [6.45, 7) is 3.25. The van der Waals surface area contributed by atoms with Crippen LogP contribution < -0.4 is 5.32 Å². The zero-order valence-electron chi connectivity index (χ0n) is 11.8. The van der Waals surface area contributed by atoms with Crippen LogP contribution in [-0.2, 0) is 9.84 Å². The summed E-state index contributed by atoms with van der Waals surface area (Å²) in [6, 6.07) is 3.14. The number of amides is 1. The zero-order valence-corrected chi connectivity index (χ0v) is 13.4. The van der Waals surface area contributed by atoms with Gasteiger partial charge in [-0.25, -0.2) is 13.4 Å². The molecular formula is C13H18ClN3O3S. The molecule has 0 spiro atoms. The summed E-state index contributed by atoms with van der Waals surface area (Å²) >= 11 is 5.93. The van der Waals surface area contributed by atoms with E-state index < -0.39 is 9.84 Å². The van der Waals surface area contributed by atoms with Gasteiger partial charge in [0.15, 0.2) is 9.84 Å². The summed E-state index contributed by atoms with van der Waals surface area (Å²) in [5, 5.41) is 3.25. The van der Waals surface area contributed by atoms with Crippen molar-refractivity contribution in [3.8, 4) is 0 Å². The number of pyridine rings is 1. The lowest BCUT2D eigenvalue weighted by Gasteiger charge is -2.20. The number of nitrogens with zero attached hydrogens (tertiary/aromatic N) is 2. The van der Waals surface area contributed by atoms with Crippen molar-refractivity contribution in [2.24, 2.45) is 0 Å². The predicted molar refractivity (Wildman–Crippen MR) is 82.6 cm³/mol.